The summed E-state index contributed by atoms with van der Waals surface area (Å²) in [5.41, 5.74) is 3.19. The minimum atomic E-state index is -0.624. The second kappa shape index (κ2) is 14.1. The molecule has 1 heterocycles. The van der Waals surface area contributed by atoms with Gasteiger partial charge in [0.2, 0.25) is 0 Å². The normalized spacial score (nSPS) is 16.6. The van der Waals surface area contributed by atoms with Gasteiger partial charge < -0.3 is 43.0 Å². The SMILES string of the molecule is CCc1c(OCOC)cc(OCOC)c(-c2cc(CO)c(F)cc2OC)c1CCOCC1COC(C)(C)O1. The summed E-state index contributed by atoms with van der Waals surface area (Å²) in [4.78, 5) is 0. The molecule has 0 bridgehead atoms. The van der Waals surface area contributed by atoms with Crippen LogP contribution in [0.25, 0.3) is 11.1 Å². The zero-order chi connectivity index (χ0) is 27.7. The van der Waals surface area contributed by atoms with Gasteiger partial charge in [-0.25, -0.2) is 4.39 Å². The van der Waals surface area contributed by atoms with E-state index in [0.29, 0.717) is 61.0 Å². The van der Waals surface area contributed by atoms with E-state index in [9.17, 15) is 9.50 Å². The molecule has 0 aliphatic carbocycles. The fraction of sp³-hybridized carbons (Fsp3) is 0.571. The van der Waals surface area contributed by atoms with Gasteiger partial charge in [0.15, 0.2) is 19.4 Å². The van der Waals surface area contributed by atoms with Gasteiger partial charge in [-0.1, -0.05) is 6.92 Å². The number of aliphatic hydroxyl groups excluding tert-OH is 1. The monoisotopic (exact) mass is 538 g/mol. The van der Waals surface area contributed by atoms with Crippen molar-refractivity contribution in [2.45, 2.75) is 52.1 Å². The quantitative estimate of drug-likeness (QED) is 0.264. The molecule has 1 aliphatic rings. The lowest BCUT2D eigenvalue weighted by molar-refractivity contribution is -0.144. The van der Waals surface area contributed by atoms with Crippen molar-refractivity contribution >= 4 is 0 Å². The Bertz CT molecular complexity index is 1060. The Morgan fingerprint density at radius 1 is 1.00 bits per heavy atom. The Labute approximate surface area is 223 Å². The van der Waals surface area contributed by atoms with Crippen LogP contribution in [0.2, 0.25) is 0 Å². The molecule has 3 rings (SSSR count). The van der Waals surface area contributed by atoms with Crippen LogP contribution in [0.4, 0.5) is 4.39 Å². The molecular formula is C28H39FO9. The van der Waals surface area contributed by atoms with Gasteiger partial charge in [0.05, 0.1) is 33.5 Å². The number of hydrogen-bond acceptors (Lipinski definition) is 9. The molecule has 1 fully saturated rings. The summed E-state index contributed by atoms with van der Waals surface area (Å²) in [6, 6.07) is 4.61. The predicted octanol–water partition coefficient (Wildman–Crippen LogP) is 4.23. The van der Waals surface area contributed by atoms with Crippen molar-refractivity contribution in [3.8, 4) is 28.4 Å². The van der Waals surface area contributed by atoms with E-state index in [4.69, 9.17) is 37.9 Å². The van der Waals surface area contributed by atoms with Gasteiger partial charge in [0.1, 0.15) is 29.2 Å². The Morgan fingerprint density at radius 3 is 2.29 bits per heavy atom. The summed E-state index contributed by atoms with van der Waals surface area (Å²) >= 11 is 0. The third-order valence-electron chi connectivity index (χ3n) is 6.17. The van der Waals surface area contributed by atoms with Gasteiger partial charge in [-0.3, -0.25) is 0 Å². The molecule has 1 saturated heterocycles. The minimum absolute atomic E-state index is 0.0245. The summed E-state index contributed by atoms with van der Waals surface area (Å²) < 4.78 is 59.8. The second-order valence-electron chi connectivity index (χ2n) is 9.24. The van der Waals surface area contributed by atoms with Crippen molar-refractivity contribution in [2.24, 2.45) is 0 Å². The lowest BCUT2D eigenvalue weighted by Gasteiger charge is -2.24. The lowest BCUT2D eigenvalue weighted by atomic mass is 9.89. The van der Waals surface area contributed by atoms with E-state index < -0.39 is 18.2 Å². The van der Waals surface area contributed by atoms with Crippen LogP contribution in [-0.2, 0) is 43.1 Å². The molecule has 2 aromatic rings. The van der Waals surface area contributed by atoms with Crippen LogP contribution in [-0.4, -0.2) is 71.7 Å². The highest BCUT2D eigenvalue weighted by molar-refractivity contribution is 5.82. The molecule has 0 aromatic heterocycles. The molecular weight excluding hydrogens is 499 g/mol. The zero-order valence-electron chi connectivity index (χ0n) is 23.1. The third-order valence-corrected chi connectivity index (χ3v) is 6.17. The number of aliphatic hydroxyl groups is 1. The van der Waals surface area contributed by atoms with Gasteiger partial charge in [-0.05, 0) is 43.9 Å². The largest absolute Gasteiger partial charge is 0.496 e. The predicted molar refractivity (Wildman–Crippen MR) is 138 cm³/mol. The van der Waals surface area contributed by atoms with Crippen LogP contribution in [0.1, 0.15) is 37.5 Å². The number of ether oxygens (including phenoxy) is 8. The Kier molecular flexibility index (Phi) is 11.1. The first-order valence-corrected chi connectivity index (χ1v) is 12.6. The van der Waals surface area contributed by atoms with E-state index in [1.54, 1.807) is 19.2 Å². The number of rotatable bonds is 15. The lowest BCUT2D eigenvalue weighted by Crippen LogP contribution is -2.24. The molecule has 1 unspecified atom stereocenters. The molecule has 0 radical (unpaired) electrons. The topological polar surface area (TPSA) is 94.1 Å². The maximum atomic E-state index is 14.6. The zero-order valence-corrected chi connectivity index (χ0v) is 23.1. The third kappa shape index (κ3) is 7.34. The summed E-state index contributed by atoms with van der Waals surface area (Å²) in [5, 5.41) is 9.78. The van der Waals surface area contributed by atoms with Crippen molar-refractivity contribution in [3.05, 3.63) is 40.7 Å². The van der Waals surface area contributed by atoms with E-state index in [1.807, 2.05) is 20.8 Å². The van der Waals surface area contributed by atoms with Crippen LogP contribution in [0.3, 0.4) is 0 Å². The average molecular weight is 539 g/mol. The highest BCUT2D eigenvalue weighted by Crippen LogP contribution is 2.45. The van der Waals surface area contributed by atoms with Crippen LogP contribution >= 0.6 is 0 Å². The molecule has 1 aliphatic heterocycles. The standard InChI is InChI=1S/C28H39FO9/c1-7-20-21(8-9-34-14-19-15-37-28(2,3)38-19)27(22-10-18(13-30)23(29)11-24(22)33-6)26(36-17-32-5)12-25(20)35-16-31-4/h10-12,19,30H,7-9,13-17H2,1-6H3. The number of methoxy groups -OCH3 is 3. The minimum Gasteiger partial charge on any atom is -0.496 e. The van der Waals surface area contributed by atoms with Crippen LogP contribution < -0.4 is 14.2 Å². The summed E-state index contributed by atoms with van der Waals surface area (Å²) in [6.45, 7) is 6.53. The van der Waals surface area contributed by atoms with Crippen molar-refractivity contribution < 1.29 is 47.4 Å². The summed E-state index contributed by atoms with van der Waals surface area (Å²) in [5.74, 6) is 0.163. The maximum absolute atomic E-state index is 14.6. The number of halogens is 1. The fourth-order valence-electron chi connectivity index (χ4n) is 4.49. The smallest absolute Gasteiger partial charge is 0.188 e. The molecule has 0 saturated carbocycles. The van der Waals surface area contributed by atoms with Gasteiger partial charge in [0.25, 0.3) is 0 Å². The van der Waals surface area contributed by atoms with E-state index in [2.05, 4.69) is 0 Å². The highest BCUT2D eigenvalue weighted by atomic mass is 19.1. The van der Waals surface area contributed by atoms with Crippen LogP contribution in [0.15, 0.2) is 18.2 Å². The van der Waals surface area contributed by atoms with Gasteiger partial charge in [-0.15, -0.1) is 0 Å². The first-order valence-electron chi connectivity index (χ1n) is 12.6. The first-order chi connectivity index (χ1) is 18.3. The van der Waals surface area contributed by atoms with Crippen molar-refractivity contribution in [1.82, 2.24) is 0 Å². The first kappa shape index (κ1) is 30.1. The number of benzene rings is 2. The van der Waals surface area contributed by atoms with E-state index in [0.717, 1.165) is 11.1 Å². The maximum Gasteiger partial charge on any atom is 0.188 e. The molecule has 9 nitrogen and oxygen atoms in total. The van der Waals surface area contributed by atoms with E-state index >= 15 is 0 Å². The molecule has 1 N–H and O–H groups in total. The molecule has 38 heavy (non-hydrogen) atoms. The summed E-state index contributed by atoms with van der Waals surface area (Å²) in [6.07, 6.45) is 0.963. The molecule has 2 aromatic carbocycles. The molecule has 212 valence electrons. The summed E-state index contributed by atoms with van der Waals surface area (Å²) in [7, 11) is 4.54. The Morgan fingerprint density at radius 2 is 1.71 bits per heavy atom. The molecule has 0 spiro atoms. The molecule has 1 atom stereocenters. The fourth-order valence-corrected chi connectivity index (χ4v) is 4.49. The van der Waals surface area contributed by atoms with Crippen molar-refractivity contribution in [3.63, 3.8) is 0 Å². The Hall–Kier alpha value is -2.47. The van der Waals surface area contributed by atoms with Crippen LogP contribution in [0, 0.1) is 5.82 Å². The van der Waals surface area contributed by atoms with Crippen molar-refractivity contribution in [2.75, 3.05) is 54.7 Å². The van der Waals surface area contributed by atoms with Gasteiger partial charge >= 0.3 is 0 Å². The Balaban J connectivity index is 2.07. The second-order valence-corrected chi connectivity index (χ2v) is 9.24. The number of hydrogen-bond donors (Lipinski definition) is 1. The van der Waals surface area contributed by atoms with Crippen molar-refractivity contribution in [1.29, 1.82) is 0 Å². The van der Waals surface area contributed by atoms with Crippen LogP contribution in [0.5, 0.6) is 17.2 Å². The average Bonchev–Trinajstić information content (AvgIpc) is 3.26. The van der Waals surface area contributed by atoms with Gasteiger partial charge in [0, 0.05) is 43.0 Å². The molecule has 10 heteroatoms. The molecule has 0 amide bonds. The van der Waals surface area contributed by atoms with E-state index in [1.165, 1.54) is 20.3 Å². The highest BCUT2D eigenvalue weighted by Gasteiger charge is 2.32. The van der Waals surface area contributed by atoms with Gasteiger partial charge in [-0.2, -0.15) is 0 Å². The van der Waals surface area contributed by atoms with E-state index in [-0.39, 0.29) is 25.3 Å².